The fraction of sp³-hybridized carbons (Fsp3) is 0.235. The highest BCUT2D eigenvalue weighted by Crippen LogP contribution is 2.16. The number of carbonyl (C=O) groups excluding carboxylic acids is 1. The molecule has 22 heavy (non-hydrogen) atoms. The molecular weight excluding hydrogens is 300 g/mol. The van der Waals surface area contributed by atoms with Crippen LogP contribution in [0.5, 0.6) is 5.75 Å². The molecule has 0 aromatic heterocycles. The molecule has 2 aromatic carbocycles. The van der Waals surface area contributed by atoms with Gasteiger partial charge in [-0.1, -0.05) is 48.0 Å². The maximum atomic E-state index is 11.6. The molecule has 0 radical (unpaired) electrons. The molecule has 0 saturated heterocycles. The van der Waals surface area contributed by atoms with Gasteiger partial charge in [-0.15, -0.1) is 0 Å². The van der Waals surface area contributed by atoms with Gasteiger partial charge in [-0.3, -0.25) is 0 Å². The van der Waals surface area contributed by atoms with E-state index in [4.69, 9.17) is 16.3 Å². The average Bonchev–Trinajstić information content (AvgIpc) is 2.53. The molecule has 2 N–H and O–H groups in total. The van der Waals surface area contributed by atoms with Crippen LogP contribution in [0.4, 0.5) is 4.79 Å². The molecular formula is C17H19ClN2O2. The molecule has 0 spiro atoms. The lowest BCUT2D eigenvalue weighted by Gasteiger charge is -2.09. The van der Waals surface area contributed by atoms with Gasteiger partial charge in [-0.2, -0.15) is 0 Å². The fourth-order valence-electron chi connectivity index (χ4n) is 1.92. The van der Waals surface area contributed by atoms with Crippen LogP contribution in [0.25, 0.3) is 0 Å². The number of rotatable bonds is 7. The normalized spacial score (nSPS) is 10.0. The number of urea groups is 1. The molecule has 0 fully saturated rings. The molecule has 5 heteroatoms. The van der Waals surface area contributed by atoms with Crippen LogP contribution in [0.3, 0.4) is 0 Å². The van der Waals surface area contributed by atoms with Crippen LogP contribution in [0, 0.1) is 0 Å². The van der Waals surface area contributed by atoms with Crippen molar-refractivity contribution in [3.8, 4) is 5.75 Å². The lowest BCUT2D eigenvalue weighted by atomic mass is 10.1. The number of ether oxygens (including phenoxy) is 1. The molecule has 116 valence electrons. The van der Waals surface area contributed by atoms with Gasteiger partial charge in [0.1, 0.15) is 12.4 Å². The van der Waals surface area contributed by atoms with E-state index in [1.807, 2.05) is 42.5 Å². The van der Waals surface area contributed by atoms with E-state index in [0.717, 1.165) is 6.42 Å². The zero-order valence-electron chi connectivity index (χ0n) is 12.2. The number of benzene rings is 2. The predicted octanol–water partition coefficient (Wildman–Crippen LogP) is 3.26. The first-order valence-corrected chi connectivity index (χ1v) is 7.56. The highest BCUT2D eigenvalue weighted by molar-refractivity contribution is 6.30. The molecule has 0 heterocycles. The third kappa shape index (κ3) is 6.06. The molecule has 0 bridgehead atoms. The minimum atomic E-state index is -0.189. The Labute approximate surface area is 135 Å². The summed E-state index contributed by atoms with van der Waals surface area (Å²) in [6, 6.07) is 17.0. The highest BCUT2D eigenvalue weighted by Gasteiger charge is 2.00. The van der Waals surface area contributed by atoms with Crippen LogP contribution < -0.4 is 15.4 Å². The minimum Gasteiger partial charge on any atom is -0.492 e. The molecule has 0 saturated carbocycles. The van der Waals surface area contributed by atoms with Crippen molar-refractivity contribution in [2.75, 3.05) is 19.7 Å². The van der Waals surface area contributed by atoms with E-state index in [1.54, 1.807) is 12.1 Å². The van der Waals surface area contributed by atoms with Gasteiger partial charge in [0, 0.05) is 11.6 Å². The van der Waals surface area contributed by atoms with Crippen molar-refractivity contribution < 1.29 is 9.53 Å². The van der Waals surface area contributed by atoms with Gasteiger partial charge < -0.3 is 15.4 Å². The summed E-state index contributed by atoms with van der Waals surface area (Å²) >= 11 is 5.86. The first-order chi connectivity index (χ1) is 10.7. The third-order valence-corrected chi connectivity index (χ3v) is 3.23. The predicted molar refractivity (Wildman–Crippen MR) is 88.5 cm³/mol. The Kier molecular flexibility index (Phi) is 6.58. The van der Waals surface area contributed by atoms with E-state index in [2.05, 4.69) is 10.6 Å². The Morgan fingerprint density at radius 2 is 1.77 bits per heavy atom. The first kappa shape index (κ1) is 16.2. The Morgan fingerprint density at radius 3 is 2.55 bits per heavy atom. The van der Waals surface area contributed by atoms with Crippen molar-refractivity contribution in [2.24, 2.45) is 0 Å². The number of carbonyl (C=O) groups is 1. The Balaban J connectivity index is 1.56. The summed E-state index contributed by atoms with van der Waals surface area (Å²) < 4.78 is 5.48. The number of halogens is 1. The maximum Gasteiger partial charge on any atom is 0.314 e. The van der Waals surface area contributed by atoms with Gasteiger partial charge in [0.2, 0.25) is 0 Å². The summed E-state index contributed by atoms with van der Waals surface area (Å²) in [5.74, 6) is 0.693. The number of amides is 2. The van der Waals surface area contributed by atoms with Gasteiger partial charge >= 0.3 is 6.03 Å². The van der Waals surface area contributed by atoms with Crippen molar-refractivity contribution >= 4 is 17.6 Å². The van der Waals surface area contributed by atoms with Crippen LogP contribution in [0.15, 0.2) is 54.6 Å². The van der Waals surface area contributed by atoms with Crippen LogP contribution >= 0.6 is 11.6 Å². The zero-order valence-corrected chi connectivity index (χ0v) is 13.0. The summed E-state index contributed by atoms with van der Waals surface area (Å²) in [6.45, 7) is 1.43. The second-order valence-corrected chi connectivity index (χ2v) is 5.16. The molecule has 0 aliphatic carbocycles. The van der Waals surface area contributed by atoms with Crippen molar-refractivity contribution in [3.63, 3.8) is 0 Å². The average molecular weight is 319 g/mol. The van der Waals surface area contributed by atoms with E-state index >= 15 is 0 Å². The smallest absolute Gasteiger partial charge is 0.314 e. The van der Waals surface area contributed by atoms with Crippen LogP contribution in [-0.2, 0) is 6.42 Å². The van der Waals surface area contributed by atoms with Gasteiger partial charge in [0.25, 0.3) is 0 Å². The monoisotopic (exact) mass is 318 g/mol. The SMILES string of the molecule is O=C(NCCOc1cccc(Cl)c1)NCCc1ccccc1. The largest absolute Gasteiger partial charge is 0.492 e. The van der Waals surface area contributed by atoms with Gasteiger partial charge in [-0.25, -0.2) is 4.79 Å². The van der Waals surface area contributed by atoms with E-state index in [9.17, 15) is 4.79 Å². The van der Waals surface area contributed by atoms with Gasteiger partial charge in [0.05, 0.1) is 6.54 Å². The van der Waals surface area contributed by atoms with Crippen molar-refractivity contribution in [1.82, 2.24) is 10.6 Å². The zero-order chi connectivity index (χ0) is 15.6. The molecule has 2 rings (SSSR count). The van der Waals surface area contributed by atoms with Gasteiger partial charge in [-0.05, 0) is 30.2 Å². The minimum absolute atomic E-state index is 0.189. The standard InChI is InChI=1S/C17H19ClN2O2/c18-15-7-4-8-16(13-15)22-12-11-20-17(21)19-10-9-14-5-2-1-3-6-14/h1-8,13H,9-12H2,(H2,19,20,21). The summed E-state index contributed by atoms with van der Waals surface area (Å²) in [6.07, 6.45) is 0.813. The Bertz CT molecular complexity index is 590. The van der Waals surface area contributed by atoms with E-state index in [1.165, 1.54) is 5.56 Å². The fourth-order valence-corrected chi connectivity index (χ4v) is 2.10. The summed E-state index contributed by atoms with van der Waals surface area (Å²) in [4.78, 5) is 11.6. The number of hydrogen-bond acceptors (Lipinski definition) is 2. The lowest BCUT2D eigenvalue weighted by Crippen LogP contribution is -2.38. The van der Waals surface area contributed by atoms with Gasteiger partial charge in [0.15, 0.2) is 0 Å². The van der Waals surface area contributed by atoms with Crippen molar-refractivity contribution in [3.05, 3.63) is 65.2 Å². The second-order valence-electron chi connectivity index (χ2n) is 4.72. The van der Waals surface area contributed by atoms with E-state index in [-0.39, 0.29) is 6.03 Å². The van der Waals surface area contributed by atoms with Crippen LogP contribution in [0.2, 0.25) is 5.02 Å². The Morgan fingerprint density at radius 1 is 1.00 bits per heavy atom. The third-order valence-electron chi connectivity index (χ3n) is 2.99. The van der Waals surface area contributed by atoms with Crippen LogP contribution in [-0.4, -0.2) is 25.7 Å². The molecule has 2 aromatic rings. The van der Waals surface area contributed by atoms with Crippen molar-refractivity contribution in [2.45, 2.75) is 6.42 Å². The lowest BCUT2D eigenvalue weighted by molar-refractivity contribution is 0.236. The summed E-state index contributed by atoms with van der Waals surface area (Å²) in [5, 5.41) is 6.19. The highest BCUT2D eigenvalue weighted by atomic mass is 35.5. The van der Waals surface area contributed by atoms with Crippen LogP contribution in [0.1, 0.15) is 5.56 Å². The molecule has 0 aliphatic rings. The molecule has 0 atom stereocenters. The quantitative estimate of drug-likeness (QED) is 0.770. The second kappa shape index (κ2) is 8.95. The molecule has 0 aliphatic heterocycles. The molecule has 2 amide bonds. The molecule has 4 nitrogen and oxygen atoms in total. The molecule has 0 unspecified atom stereocenters. The van der Waals surface area contributed by atoms with E-state index < -0.39 is 0 Å². The van der Waals surface area contributed by atoms with Crippen molar-refractivity contribution in [1.29, 1.82) is 0 Å². The Hall–Kier alpha value is -2.20. The first-order valence-electron chi connectivity index (χ1n) is 7.18. The summed E-state index contributed by atoms with van der Waals surface area (Å²) in [5.41, 5.74) is 1.20. The summed E-state index contributed by atoms with van der Waals surface area (Å²) in [7, 11) is 0. The van der Waals surface area contributed by atoms with E-state index in [0.29, 0.717) is 30.5 Å². The maximum absolute atomic E-state index is 11.6. The number of hydrogen-bond donors (Lipinski definition) is 2. The topological polar surface area (TPSA) is 50.4 Å². The number of nitrogens with one attached hydrogen (secondary N) is 2.